The highest BCUT2D eigenvalue weighted by Gasteiger charge is 2.50. The third-order valence-electron chi connectivity index (χ3n) is 4.54. The van der Waals surface area contributed by atoms with Crippen LogP contribution in [0.25, 0.3) is 0 Å². The SMILES string of the molecule is COC1(C)CC2CC(C)(C)CC(C)(C2)C1. The fourth-order valence-corrected chi connectivity index (χ4v) is 4.87. The van der Waals surface area contributed by atoms with Gasteiger partial charge in [0.25, 0.3) is 0 Å². The Bertz CT molecular complexity index is 256. The van der Waals surface area contributed by atoms with Crippen molar-refractivity contribution in [3.63, 3.8) is 0 Å². The molecule has 1 nitrogen and oxygen atoms in total. The lowest BCUT2D eigenvalue weighted by molar-refractivity contribution is -0.119. The molecule has 0 aromatic rings. The molecule has 0 radical (unpaired) electrons. The van der Waals surface area contributed by atoms with E-state index in [0.29, 0.717) is 10.8 Å². The molecule has 2 saturated carbocycles. The third-order valence-corrected chi connectivity index (χ3v) is 4.54. The van der Waals surface area contributed by atoms with Crippen molar-refractivity contribution in [3.05, 3.63) is 0 Å². The Labute approximate surface area is 94.6 Å². The monoisotopic (exact) mass is 210 g/mol. The Morgan fingerprint density at radius 1 is 0.933 bits per heavy atom. The molecule has 0 aliphatic heterocycles. The zero-order valence-corrected chi connectivity index (χ0v) is 11.0. The average molecular weight is 210 g/mol. The quantitative estimate of drug-likeness (QED) is 0.635. The Kier molecular flexibility index (Phi) is 2.46. The van der Waals surface area contributed by atoms with E-state index < -0.39 is 0 Å². The molecule has 3 atom stereocenters. The zero-order chi connectivity index (χ0) is 11.3. The first-order valence-electron chi connectivity index (χ1n) is 6.31. The molecule has 2 fully saturated rings. The lowest BCUT2D eigenvalue weighted by atomic mass is 9.52. The van der Waals surface area contributed by atoms with E-state index in [-0.39, 0.29) is 5.60 Å². The van der Waals surface area contributed by atoms with Crippen molar-refractivity contribution in [2.45, 2.75) is 65.4 Å². The molecule has 0 aromatic carbocycles. The maximum Gasteiger partial charge on any atom is 0.0658 e. The summed E-state index contributed by atoms with van der Waals surface area (Å²) in [6, 6.07) is 0. The molecule has 2 rings (SSSR count). The van der Waals surface area contributed by atoms with Crippen LogP contribution in [-0.2, 0) is 4.74 Å². The van der Waals surface area contributed by atoms with Crippen molar-refractivity contribution in [1.82, 2.24) is 0 Å². The molecule has 0 aromatic heterocycles. The van der Waals surface area contributed by atoms with Crippen molar-refractivity contribution in [3.8, 4) is 0 Å². The van der Waals surface area contributed by atoms with Crippen LogP contribution in [0.5, 0.6) is 0 Å². The molecule has 0 spiro atoms. The Hall–Kier alpha value is -0.0400. The van der Waals surface area contributed by atoms with Gasteiger partial charge in [0.1, 0.15) is 0 Å². The van der Waals surface area contributed by atoms with Crippen LogP contribution in [0.15, 0.2) is 0 Å². The van der Waals surface area contributed by atoms with Crippen molar-refractivity contribution < 1.29 is 4.74 Å². The van der Waals surface area contributed by atoms with Crippen LogP contribution in [0.4, 0.5) is 0 Å². The standard InChI is InChI=1S/C14H26O/c1-12(2)6-11-7-13(3,9-12)10-14(4,8-11)15-5/h11H,6-10H2,1-5H3. The van der Waals surface area contributed by atoms with Gasteiger partial charge in [0.05, 0.1) is 5.60 Å². The number of fused-ring (bicyclic) bond motifs is 2. The van der Waals surface area contributed by atoms with Crippen LogP contribution in [0.2, 0.25) is 0 Å². The minimum atomic E-state index is 0.147. The molecule has 0 N–H and O–H groups in total. The Morgan fingerprint density at radius 2 is 1.60 bits per heavy atom. The maximum atomic E-state index is 5.75. The van der Waals surface area contributed by atoms with E-state index in [4.69, 9.17) is 4.74 Å². The van der Waals surface area contributed by atoms with Gasteiger partial charge < -0.3 is 4.74 Å². The second-order valence-corrected chi connectivity index (χ2v) is 7.46. The first-order chi connectivity index (χ1) is 6.76. The summed E-state index contributed by atoms with van der Waals surface area (Å²) in [5.41, 5.74) is 1.22. The van der Waals surface area contributed by atoms with Gasteiger partial charge in [0, 0.05) is 7.11 Å². The summed E-state index contributed by atoms with van der Waals surface area (Å²) in [6.45, 7) is 9.65. The Balaban J connectivity index is 2.21. The van der Waals surface area contributed by atoms with Crippen molar-refractivity contribution in [1.29, 1.82) is 0 Å². The minimum Gasteiger partial charge on any atom is -0.378 e. The predicted molar refractivity (Wildman–Crippen MR) is 63.9 cm³/mol. The van der Waals surface area contributed by atoms with E-state index in [1.54, 1.807) is 0 Å². The van der Waals surface area contributed by atoms with E-state index in [2.05, 4.69) is 27.7 Å². The molecular weight excluding hydrogens is 184 g/mol. The number of methoxy groups -OCH3 is 1. The number of hydrogen-bond acceptors (Lipinski definition) is 1. The molecule has 88 valence electrons. The zero-order valence-electron chi connectivity index (χ0n) is 11.0. The van der Waals surface area contributed by atoms with Crippen molar-refractivity contribution in [2.75, 3.05) is 7.11 Å². The van der Waals surface area contributed by atoms with Crippen molar-refractivity contribution >= 4 is 0 Å². The smallest absolute Gasteiger partial charge is 0.0658 e. The molecule has 1 heteroatoms. The number of ether oxygens (including phenoxy) is 1. The normalized spacial score (nSPS) is 49.0. The minimum absolute atomic E-state index is 0.147. The van der Waals surface area contributed by atoms with Gasteiger partial charge in [-0.25, -0.2) is 0 Å². The largest absolute Gasteiger partial charge is 0.378 e. The van der Waals surface area contributed by atoms with E-state index in [1.807, 2.05) is 7.11 Å². The van der Waals surface area contributed by atoms with Crippen LogP contribution < -0.4 is 0 Å². The van der Waals surface area contributed by atoms with Crippen LogP contribution in [-0.4, -0.2) is 12.7 Å². The van der Waals surface area contributed by atoms with Crippen LogP contribution in [0, 0.1) is 16.7 Å². The summed E-state index contributed by atoms with van der Waals surface area (Å²) >= 11 is 0. The van der Waals surface area contributed by atoms with E-state index in [9.17, 15) is 0 Å². The first kappa shape index (κ1) is 11.4. The lowest BCUT2D eigenvalue weighted by Crippen LogP contribution is -2.48. The van der Waals surface area contributed by atoms with E-state index >= 15 is 0 Å². The van der Waals surface area contributed by atoms with Gasteiger partial charge in [-0.1, -0.05) is 20.8 Å². The van der Waals surface area contributed by atoms with E-state index in [1.165, 1.54) is 32.1 Å². The highest BCUT2D eigenvalue weighted by molar-refractivity contribution is 5.01. The summed E-state index contributed by atoms with van der Waals surface area (Å²) in [4.78, 5) is 0. The van der Waals surface area contributed by atoms with E-state index in [0.717, 1.165) is 5.92 Å². The van der Waals surface area contributed by atoms with Gasteiger partial charge in [-0.3, -0.25) is 0 Å². The molecule has 2 bridgehead atoms. The van der Waals surface area contributed by atoms with Gasteiger partial charge in [0.2, 0.25) is 0 Å². The predicted octanol–water partition coefficient (Wildman–Crippen LogP) is 4.02. The molecular formula is C14H26O. The lowest BCUT2D eigenvalue weighted by Gasteiger charge is -2.55. The Morgan fingerprint density at radius 3 is 2.13 bits per heavy atom. The first-order valence-corrected chi connectivity index (χ1v) is 6.31. The average Bonchev–Trinajstić information content (AvgIpc) is 1.96. The number of hydrogen-bond donors (Lipinski definition) is 0. The summed E-state index contributed by atoms with van der Waals surface area (Å²) in [7, 11) is 1.88. The van der Waals surface area contributed by atoms with Gasteiger partial charge in [0.15, 0.2) is 0 Å². The molecule has 0 heterocycles. The van der Waals surface area contributed by atoms with Gasteiger partial charge >= 0.3 is 0 Å². The second-order valence-electron chi connectivity index (χ2n) is 7.46. The topological polar surface area (TPSA) is 9.23 Å². The van der Waals surface area contributed by atoms with Crippen LogP contribution in [0.1, 0.15) is 59.8 Å². The molecule has 3 unspecified atom stereocenters. The fourth-order valence-electron chi connectivity index (χ4n) is 4.87. The second kappa shape index (κ2) is 3.23. The number of rotatable bonds is 1. The summed E-state index contributed by atoms with van der Waals surface area (Å²) in [6.07, 6.45) is 6.70. The fraction of sp³-hybridized carbons (Fsp3) is 1.00. The summed E-state index contributed by atoms with van der Waals surface area (Å²) in [5.74, 6) is 0.887. The third kappa shape index (κ3) is 2.22. The highest BCUT2D eigenvalue weighted by atomic mass is 16.5. The highest BCUT2D eigenvalue weighted by Crippen LogP contribution is 2.58. The van der Waals surface area contributed by atoms with Gasteiger partial charge in [-0.05, 0) is 55.8 Å². The molecule has 2 aliphatic rings. The molecule has 0 saturated heterocycles. The van der Waals surface area contributed by atoms with Crippen LogP contribution in [0.3, 0.4) is 0 Å². The van der Waals surface area contributed by atoms with Gasteiger partial charge in [-0.2, -0.15) is 0 Å². The molecule has 0 amide bonds. The van der Waals surface area contributed by atoms with Crippen LogP contribution >= 0.6 is 0 Å². The maximum absolute atomic E-state index is 5.75. The molecule has 15 heavy (non-hydrogen) atoms. The molecule has 2 aliphatic carbocycles. The summed E-state index contributed by atoms with van der Waals surface area (Å²) in [5, 5.41) is 0. The summed E-state index contributed by atoms with van der Waals surface area (Å²) < 4.78 is 5.75. The van der Waals surface area contributed by atoms with Crippen molar-refractivity contribution in [2.24, 2.45) is 16.7 Å². The van der Waals surface area contributed by atoms with Gasteiger partial charge in [-0.15, -0.1) is 0 Å².